The molecule has 74 heavy (non-hydrogen) atoms. The van der Waals surface area contributed by atoms with E-state index in [-0.39, 0.29) is 23.3 Å². The Labute approximate surface area is 466 Å². The molecular weight excluding hydrogens is 944 g/mol. The second-order valence-corrected chi connectivity index (χ2v) is 21.7. The number of carbonyl (C=O) groups is 4. The van der Waals surface area contributed by atoms with Gasteiger partial charge in [0.2, 0.25) is 5.24 Å². The second kappa shape index (κ2) is 65.6. The highest BCUT2D eigenvalue weighted by Gasteiger charge is 2.15. The minimum atomic E-state index is -0.224. The van der Waals surface area contributed by atoms with Crippen molar-refractivity contribution in [1.29, 1.82) is 0 Å². The quantitative estimate of drug-likeness (QED) is 0.0194. The van der Waals surface area contributed by atoms with Gasteiger partial charge in [0.1, 0.15) is 6.10 Å². The van der Waals surface area contributed by atoms with E-state index in [9.17, 15) is 19.2 Å². The normalized spacial score (nSPS) is 12.2. The van der Waals surface area contributed by atoms with Crippen LogP contribution in [0.4, 0.5) is 0 Å². The van der Waals surface area contributed by atoms with Gasteiger partial charge in [0.15, 0.2) is 0 Å². The summed E-state index contributed by atoms with van der Waals surface area (Å²) in [6, 6.07) is 0. The van der Waals surface area contributed by atoms with Crippen molar-refractivity contribution < 1.29 is 33.4 Å². The van der Waals surface area contributed by atoms with E-state index >= 15 is 0 Å². The molecule has 0 amide bonds. The summed E-state index contributed by atoms with van der Waals surface area (Å²) in [6.07, 6.45) is 49.6. The van der Waals surface area contributed by atoms with E-state index in [0.29, 0.717) is 38.9 Å². The minimum absolute atomic E-state index is 0.0127. The molecule has 0 bridgehead atoms. The van der Waals surface area contributed by atoms with Gasteiger partial charge in [0.05, 0.1) is 13.2 Å². The molecule has 0 aromatic heterocycles. The van der Waals surface area contributed by atoms with Crippen molar-refractivity contribution in [1.82, 2.24) is 9.80 Å². The molecule has 0 N–H and O–H groups in total. The third kappa shape index (κ3) is 61.1. The Morgan fingerprint density at radius 2 is 0.919 bits per heavy atom. The fraction of sp³-hybridized carbons (Fsp3) is 0.938. The SMILES string of the molecule is CC.CCCCCC(CCCCC)CCCOC(=O)CCCCCCCN1CCCC1.CCCCCCCCC(CCCCCCCC)OC(=O)CCCCCCCOC=O.CCCCN(CCC)CCC(=O)Cl. The second-order valence-electron chi connectivity index (χ2n) is 21.3. The van der Waals surface area contributed by atoms with Crippen molar-refractivity contribution >= 4 is 35.3 Å². The predicted octanol–water partition coefficient (Wildman–Crippen LogP) is 19.1. The molecule has 10 heteroatoms. The van der Waals surface area contributed by atoms with Crippen molar-refractivity contribution in [3.8, 4) is 0 Å². The van der Waals surface area contributed by atoms with Gasteiger partial charge in [0, 0.05) is 25.8 Å². The van der Waals surface area contributed by atoms with Crippen molar-refractivity contribution in [3.63, 3.8) is 0 Å². The zero-order valence-electron chi connectivity index (χ0n) is 50.7. The summed E-state index contributed by atoms with van der Waals surface area (Å²) >= 11 is 5.29. The fourth-order valence-corrected chi connectivity index (χ4v) is 9.78. The Bertz CT molecular complexity index is 1110. The molecule has 1 fully saturated rings. The molecule has 0 aliphatic carbocycles. The lowest BCUT2D eigenvalue weighted by Crippen LogP contribution is -2.27. The van der Waals surface area contributed by atoms with Crippen molar-refractivity contribution in [2.45, 2.75) is 331 Å². The molecule has 442 valence electrons. The predicted molar refractivity (Wildman–Crippen MR) is 319 cm³/mol. The van der Waals surface area contributed by atoms with Crippen molar-refractivity contribution in [2.75, 3.05) is 52.5 Å². The Morgan fingerprint density at radius 3 is 1.43 bits per heavy atom. The van der Waals surface area contributed by atoms with Crippen LogP contribution in [0.3, 0.4) is 0 Å². The van der Waals surface area contributed by atoms with Crippen molar-refractivity contribution in [3.05, 3.63) is 0 Å². The van der Waals surface area contributed by atoms with Gasteiger partial charge in [-0.15, -0.1) is 0 Å². The number of ether oxygens (including phenoxy) is 3. The smallest absolute Gasteiger partial charge is 0.306 e. The summed E-state index contributed by atoms with van der Waals surface area (Å²) in [7, 11) is 0. The van der Waals surface area contributed by atoms with E-state index in [1.54, 1.807) is 0 Å². The molecule has 1 aliphatic heterocycles. The topological polar surface area (TPSA) is 102 Å². The first-order valence-corrected chi connectivity index (χ1v) is 32.6. The van der Waals surface area contributed by atoms with Crippen LogP contribution < -0.4 is 0 Å². The number of hydrogen-bond donors (Lipinski definition) is 0. The van der Waals surface area contributed by atoms with Gasteiger partial charge in [-0.1, -0.05) is 216 Å². The average molecular weight is 1070 g/mol. The average Bonchev–Trinajstić information content (AvgIpc) is 3.93. The van der Waals surface area contributed by atoms with E-state index in [4.69, 9.17) is 21.1 Å². The lowest BCUT2D eigenvalue weighted by molar-refractivity contribution is -0.150. The first kappa shape index (κ1) is 76.5. The minimum Gasteiger partial charge on any atom is -0.468 e. The van der Waals surface area contributed by atoms with Gasteiger partial charge in [-0.05, 0) is 140 Å². The van der Waals surface area contributed by atoms with Gasteiger partial charge in [-0.2, -0.15) is 0 Å². The number of hydrogen-bond acceptors (Lipinski definition) is 9. The van der Waals surface area contributed by atoms with E-state index < -0.39 is 0 Å². The number of unbranched alkanes of at least 4 members (excludes halogenated alkanes) is 23. The number of halogens is 1. The third-order valence-electron chi connectivity index (χ3n) is 14.3. The summed E-state index contributed by atoms with van der Waals surface area (Å²) < 4.78 is 16.0. The van der Waals surface area contributed by atoms with Crippen LogP contribution in [0.15, 0.2) is 0 Å². The molecule has 0 saturated carbocycles. The van der Waals surface area contributed by atoms with Crippen LogP contribution in [0.5, 0.6) is 0 Å². The first-order chi connectivity index (χ1) is 36.2. The molecule has 1 aliphatic rings. The van der Waals surface area contributed by atoms with Crippen LogP contribution in [0.2, 0.25) is 0 Å². The molecule has 9 nitrogen and oxygen atoms in total. The van der Waals surface area contributed by atoms with Gasteiger partial charge in [-0.3, -0.25) is 19.2 Å². The van der Waals surface area contributed by atoms with Crippen LogP contribution in [0, 0.1) is 5.92 Å². The lowest BCUT2D eigenvalue weighted by Gasteiger charge is -2.20. The van der Waals surface area contributed by atoms with Crippen LogP contribution in [-0.4, -0.2) is 92.0 Å². The van der Waals surface area contributed by atoms with Gasteiger partial charge >= 0.3 is 11.9 Å². The summed E-state index contributed by atoms with van der Waals surface area (Å²) in [5.41, 5.74) is 0. The molecular formula is C64H127ClN2O7. The molecule has 0 radical (unpaired) electrons. The third-order valence-corrected chi connectivity index (χ3v) is 14.5. The van der Waals surface area contributed by atoms with Crippen molar-refractivity contribution in [2.24, 2.45) is 5.92 Å². The Hall–Kier alpha value is -1.71. The Kier molecular flexibility index (Phi) is 67.8. The van der Waals surface area contributed by atoms with Crippen LogP contribution in [-0.2, 0) is 33.4 Å². The van der Waals surface area contributed by atoms with E-state index in [1.165, 1.54) is 206 Å². The molecule has 0 aromatic carbocycles. The van der Waals surface area contributed by atoms with Crippen LogP contribution in [0.25, 0.3) is 0 Å². The lowest BCUT2D eigenvalue weighted by atomic mass is 9.91. The standard InChI is InChI=1S/C26H51NO2.C26H50O4.C10H20ClNO.C2H6/c1-3-5-10-17-25(18-11-6-4-2)19-16-24-29-26(28)20-12-8-7-9-13-21-27-22-14-15-23-27;1-3-5-7-9-12-16-20-25(21-17-13-10-8-6-4-2)30-26(28)22-18-14-11-15-19-23-29-24-27;1-3-5-8-12(7-4-2)9-6-10(11)13;1-2/h25H,3-24H2,1-2H3;24-25H,3-23H2,1-2H3;3-9H2,1-2H3;1-2H3. The number of nitrogens with zero attached hydrogens (tertiary/aromatic N) is 2. The maximum atomic E-state index is 12.3. The number of esters is 2. The molecule has 0 unspecified atom stereocenters. The largest absolute Gasteiger partial charge is 0.468 e. The molecule has 0 aromatic rings. The molecule has 0 atom stereocenters. The summed E-state index contributed by atoms with van der Waals surface area (Å²) in [6.45, 7) is 25.9. The maximum Gasteiger partial charge on any atom is 0.306 e. The van der Waals surface area contributed by atoms with E-state index in [0.717, 1.165) is 89.8 Å². The Balaban J connectivity index is -0.00000108. The summed E-state index contributed by atoms with van der Waals surface area (Å²) in [5, 5.41) is -0.224. The highest BCUT2D eigenvalue weighted by Crippen LogP contribution is 2.23. The summed E-state index contributed by atoms with van der Waals surface area (Å²) in [4.78, 5) is 49.8. The Morgan fingerprint density at radius 1 is 0.473 bits per heavy atom. The zero-order valence-corrected chi connectivity index (χ0v) is 51.5. The highest BCUT2D eigenvalue weighted by atomic mass is 35.5. The van der Waals surface area contributed by atoms with Crippen LogP contribution in [0.1, 0.15) is 325 Å². The number of rotatable bonds is 52. The first-order valence-electron chi connectivity index (χ1n) is 32.2. The number of carbonyl (C=O) groups excluding carboxylic acids is 4. The fourth-order valence-electron chi connectivity index (χ4n) is 9.69. The molecule has 1 heterocycles. The molecule has 1 saturated heterocycles. The van der Waals surface area contributed by atoms with Crippen LogP contribution >= 0.6 is 11.6 Å². The van der Waals surface area contributed by atoms with E-state index in [2.05, 4.69) is 56.1 Å². The van der Waals surface area contributed by atoms with E-state index in [1.807, 2.05) is 13.8 Å². The maximum absolute atomic E-state index is 12.3. The monoisotopic (exact) mass is 1070 g/mol. The molecule has 0 spiro atoms. The highest BCUT2D eigenvalue weighted by molar-refractivity contribution is 6.63. The van der Waals surface area contributed by atoms with Gasteiger partial charge in [-0.25, -0.2) is 0 Å². The van der Waals surface area contributed by atoms with Gasteiger partial charge < -0.3 is 24.0 Å². The van der Waals surface area contributed by atoms with Gasteiger partial charge in [0.25, 0.3) is 6.47 Å². The number of likely N-dealkylation sites (tertiary alicyclic amines) is 1. The summed E-state index contributed by atoms with van der Waals surface area (Å²) in [5.74, 6) is 0.851. The molecule has 1 rings (SSSR count). The zero-order chi connectivity index (χ0) is 55.2.